The van der Waals surface area contributed by atoms with Gasteiger partial charge in [0, 0.05) is 6.54 Å². The third-order valence-electron chi connectivity index (χ3n) is 4.07. The molecule has 0 aliphatic carbocycles. The van der Waals surface area contributed by atoms with Crippen molar-refractivity contribution in [3.8, 4) is 0 Å². The van der Waals surface area contributed by atoms with Gasteiger partial charge in [-0.05, 0) is 62.5 Å². The molecule has 1 aromatic carbocycles. The van der Waals surface area contributed by atoms with E-state index in [9.17, 15) is 13.2 Å². The van der Waals surface area contributed by atoms with Crippen LogP contribution in [0.15, 0.2) is 46.0 Å². The molecule has 136 valence electrons. The largest absolute Gasteiger partial charge is 0.350 e. The first-order valence-electron chi connectivity index (χ1n) is 8.04. The summed E-state index contributed by atoms with van der Waals surface area (Å²) in [7, 11) is 0.380. The number of thiophene rings is 1. The van der Waals surface area contributed by atoms with Crippen molar-refractivity contribution < 1.29 is 13.2 Å². The van der Waals surface area contributed by atoms with Crippen LogP contribution in [0.2, 0.25) is 0 Å². The molecule has 2 rings (SSSR count). The minimum Gasteiger partial charge on any atom is -0.350 e. The smallest absolute Gasteiger partial charge is 0.252 e. The molecule has 0 bridgehead atoms. The Morgan fingerprint density at radius 2 is 1.88 bits per heavy atom. The van der Waals surface area contributed by atoms with Crippen molar-refractivity contribution in [2.75, 3.05) is 20.6 Å². The predicted molar refractivity (Wildman–Crippen MR) is 102 cm³/mol. The quantitative estimate of drug-likeness (QED) is 0.802. The molecular formula is C18H24N2O3S2. The molecule has 7 heteroatoms. The summed E-state index contributed by atoms with van der Waals surface area (Å²) in [5, 5.41) is 6.35. The van der Waals surface area contributed by atoms with E-state index in [0.717, 1.165) is 5.56 Å². The lowest BCUT2D eigenvalue weighted by Crippen LogP contribution is -2.35. The summed E-state index contributed by atoms with van der Waals surface area (Å²) < 4.78 is 25.0. The van der Waals surface area contributed by atoms with Crippen molar-refractivity contribution in [1.29, 1.82) is 0 Å². The van der Waals surface area contributed by atoms with E-state index >= 15 is 0 Å². The van der Waals surface area contributed by atoms with E-state index in [0.29, 0.717) is 6.54 Å². The van der Waals surface area contributed by atoms with Crippen LogP contribution in [-0.2, 0) is 9.84 Å². The summed E-state index contributed by atoms with van der Waals surface area (Å²) in [6.07, 6.45) is 0. The van der Waals surface area contributed by atoms with Crippen molar-refractivity contribution in [1.82, 2.24) is 10.2 Å². The lowest BCUT2D eigenvalue weighted by molar-refractivity contribution is 0.0938. The lowest BCUT2D eigenvalue weighted by atomic mass is 10.1. The van der Waals surface area contributed by atoms with Crippen molar-refractivity contribution in [3.05, 3.63) is 52.2 Å². The van der Waals surface area contributed by atoms with Crippen LogP contribution < -0.4 is 5.32 Å². The van der Waals surface area contributed by atoms with E-state index in [4.69, 9.17) is 0 Å². The van der Waals surface area contributed by atoms with Crippen molar-refractivity contribution in [2.45, 2.75) is 30.0 Å². The number of amides is 1. The second-order valence-electron chi connectivity index (χ2n) is 6.34. The molecule has 1 atom stereocenters. The van der Waals surface area contributed by atoms with Crippen molar-refractivity contribution >= 4 is 27.1 Å². The average molecular weight is 381 g/mol. The van der Waals surface area contributed by atoms with Gasteiger partial charge in [-0.3, -0.25) is 4.79 Å². The molecule has 25 heavy (non-hydrogen) atoms. The van der Waals surface area contributed by atoms with Crippen LogP contribution >= 0.6 is 11.3 Å². The minimum atomic E-state index is -3.52. The zero-order valence-electron chi connectivity index (χ0n) is 14.9. The molecule has 0 radical (unpaired) electrons. The third-order valence-corrected chi connectivity index (χ3v) is 6.98. The highest BCUT2D eigenvalue weighted by molar-refractivity contribution is 7.92. The van der Waals surface area contributed by atoms with Gasteiger partial charge in [-0.25, -0.2) is 8.42 Å². The van der Waals surface area contributed by atoms with Crippen LogP contribution in [0.25, 0.3) is 0 Å². The Hall–Kier alpha value is -1.70. The highest BCUT2D eigenvalue weighted by Gasteiger charge is 2.25. The summed E-state index contributed by atoms with van der Waals surface area (Å²) >= 11 is 1.61. The molecule has 0 fully saturated rings. The summed E-state index contributed by atoms with van der Waals surface area (Å²) in [5.74, 6) is -0.373. The number of nitrogens with zero attached hydrogens (tertiary/aromatic N) is 1. The molecule has 0 aliphatic heterocycles. The molecule has 0 aliphatic rings. The number of rotatable bonds is 7. The fourth-order valence-electron chi connectivity index (χ4n) is 2.50. The van der Waals surface area contributed by atoms with E-state index in [1.165, 1.54) is 6.07 Å². The van der Waals surface area contributed by atoms with E-state index in [1.54, 1.807) is 43.4 Å². The minimum absolute atomic E-state index is 0.0315. The number of benzene rings is 1. The van der Waals surface area contributed by atoms with Gasteiger partial charge in [-0.15, -0.1) is 0 Å². The number of nitrogens with one attached hydrogen (secondary N) is 1. The van der Waals surface area contributed by atoms with Gasteiger partial charge in [0.05, 0.1) is 21.8 Å². The summed E-state index contributed by atoms with van der Waals surface area (Å²) in [6.45, 7) is 3.63. The molecule has 1 aromatic heterocycles. The zero-order chi connectivity index (χ0) is 18.6. The van der Waals surface area contributed by atoms with Gasteiger partial charge < -0.3 is 10.2 Å². The Labute approximate surface area is 153 Å². The first kappa shape index (κ1) is 19.6. The summed E-state index contributed by atoms with van der Waals surface area (Å²) in [5.41, 5.74) is 1.32. The first-order chi connectivity index (χ1) is 11.7. The molecule has 5 nitrogen and oxygen atoms in total. The highest BCUT2D eigenvalue weighted by Crippen LogP contribution is 2.22. The molecule has 1 amide bonds. The Morgan fingerprint density at radius 3 is 2.44 bits per heavy atom. The van der Waals surface area contributed by atoms with Gasteiger partial charge in [0.2, 0.25) is 0 Å². The average Bonchev–Trinajstić information content (AvgIpc) is 3.08. The Bertz CT molecular complexity index is 813. The summed E-state index contributed by atoms with van der Waals surface area (Å²) in [4.78, 5) is 14.7. The van der Waals surface area contributed by atoms with Gasteiger partial charge in [0.1, 0.15) is 0 Å². The van der Waals surface area contributed by atoms with Gasteiger partial charge >= 0.3 is 0 Å². The molecule has 1 unspecified atom stereocenters. The van der Waals surface area contributed by atoms with Gasteiger partial charge in [-0.2, -0.15) is 11.3 Å². The topological polar surface area (TPSA) is 66.5 Å². The normalized spacial score (nSPS) is 13.2. The van der Waals surface area contributed by atoms with Crippen LogP contribution in [0.4, 0.5) is 0 Å². The van der Waals surface area contributed by atoms with Crippen LogP contribution in [0, 0.1) is 0 Å². The fourth-order valence-corrected chi connectivity index (χ4v) is 4.45. The Kier molecular flexibility index (Phi) is 6.37. The highest BCUT2D eigenvalue weighted by atomic mass is 32.2. The third kappa shape index (κ3) is 4.48. The van der Waals surface area contributed by atoms with Gasteiger partial charge in [0.25, 0.3) is 5.91 Å². The number of hydrogen-bond acceptors (Lipinski definition) is 5. The summed E-state index contributed by atoms with van der Waals surface area (Å²) in [6, 6.07) is 8.42. The molecular weight excluding hydrogens is 356 g/mol. The number of hydrogen-bond donors (Lipinski definition) is 1. The van der Waals surface area contributed by atoms with Crippen molar-refractivity contribution in [2.24, 2.45) is 0 Å². The SMILES string of the molecule is CC(C)S(=O)(=O)c1ccccc1C(=O)NCC(c1ccsc1)N(C)C. The number of likely N-dealkylation sites (N-methyl/N-ethyl adjacent to an activating group) is 1. The molecule has 1 N–H and O–H groups in total. The maximum absolute atomic E-state index is 12.6. The van der Waals surface area contributed by atoms with E-state index < -0.39 is 15.1 Å². The van der Waals surface area contributed by atoms with E-state index in [1.807, 2.05) is 35.8 Å². The maximum atomic E-state index is 12.6. The standard InChI is InChI=1S/C18H24N2O3S2/c1-13(2)25(22,23)17-8-6-5-7-15(17)18(21)19-11-16(20(3)4)14-9-10-24-12-14/h5-10,12-13,16H,11H2,1-4H3,(H,19,21). The second-order valence-corrected chi connectivity index (χ2v) is 9.59. The van der Waals surface area contributed by atoms with Crippen LogP contribution in [-0.4, -0.2) is 45.1 Å². The van der Waals surface area contributed by atoms with Gasteiger partial charge in [-0.1, -0.05) is 12.1 Å². The molecule has 0 saturated heterocycles. The number of carbonyl (C=O) groups excluding carboxylic acids is 1. The van der Waals surface area contributed by atoms with Crippen LogP contribution in [0.3, 0.4) is 0 Å². The molecule has 2 aromatic rings. The van der Waals surface area contributed by atoms with E-state index in [-0.39, 0.29) is 22.4 Å². The zero-order valence-corrected chi connectivity index (χ0v) is 16.5. The van der Waals surface area contributed by atoms with Crippen LogP contribution in [0.5, 0.6) is 0 Å². The lowest BCUT2D eigenvalue weighted by Gasteiger charge is -2.24. The molecule has 0 spiro atoms. The fraction of sp³-hybridized carbons (Fsp3) is 0.389. The first-order valence-corrected chi connectivity index (χ1v) is 10.5. The van der Waals surface area contributed by atoms with Crippen LogP contribution in [0.1, 0.15) is 35.8 Å². The Morgan fingerprint density at radius 1 is 1.20 bits per heavy atom. The van der Waals surface area contributed by atoms with Gasteiger partial charge in [0.15, 0.2) is 9.84 Å². The molecule has 0 saturated carbocycles. The molecule has 1 heterocycles. The second kappa shape index (κ2) is 8.12. The van der Waals surface area contributed by atoms with E-state index in [2.05, 4.69) is 5.32 Å². The number of carbonyl (C=O) groups is 1. The van der Waals surface area contributed by atoms with Crippen molar-refractivity contribution in [3.63, 3.8) is 0 Å². The Balaban J connectivity index is 2.22. The monoisotopic (exact) mass is 380 g/mol. The number of sulfone groups is 1. The predicted octanol–water partition coefficient (Wildman–Crippen LogP) is 2.96. The maximum Gasteiger partial charge on any atom is 0.252 e.